The molecule has 1 fully saturated rings. The first-order chi connectivity index (χ1) is 9.01. The molecule has 1 N–H and O–H groups in total. The average molecular weight is 263 g/mol. The first-order valence-electron chi connectivity index (χ1n) is 6.87. The third kappa shape index (κ3) is 3.03. The van der Waals surface area contributed by atoms with Gasteiger partial charge in [-0.1, -0.05) is 13.8 Å². The lowest BCUT2D eigenvalue weighted by atomic mass is 9.77. The molecule has 19 heavy (non-hydrogen) atoms. The number of imide groups is 1. The van der Waals surface area contributed by atoms with E-state index in [-0.39, 0.29) is 23.7 Å². The molecule has 1 aliphatic rings. The van der Waals surface area contributed by atoms with Crippen molar-refractivity contribution in [1.29, 1.82) is 0 Å². The summed E-state index contributed by atoms with van der Waals surface area (Å²) in [4.78, 5) is 23.6. The second kappa shape index (κ2) is 5.55. The predicted octanol–water partition coefficient (Wildman–Crippen LogP) is 1.70. The number of piperidine rings is 1. The van der Waals surface area contributed by atoms with Crippen LogP contribution < -0.4 is 5.32 Å². The topological polar surface area (TPSA) is 64.0 Å². The number of rotatable bonds is 4. The van der Waals surface area contributed by atoms with Crippen molar-refractivity contribution in [2.24, 2.45) is 11.8 Å². The number of aromatic nitrogens is 2. The summed E-state index contributed by atoms with van der Waals surface area (Å²) in [6.07, 6.45) is 4.90. The Hall–Kier alpha value is -1.65. The molecule has 0 saturated carbocycles. The van der Waals surface area contributed by atoms with Gasteiger partial charge in [0.15, 0.2) is 0 Å². The van der Waals surface area contributed by atoms with Crippen LogP contribution in [0.25, 0.3) is 0 Å². The van der Waals surface area contributed by atoms with E-state index in [0.29, 0.717) is 12.3 Å². The third-order valence-corrected chi connectivity index (χ3v) is 3.62. The van der Waals surface area contributed by atoms with Crippen LogP contribution in [0.4, 0.5) is 0 Å². The Morgan fingerprint density at radius 2 is 2.21 bits per heavy atom. The van der Waals surface area contributed by atoms with Gasteiger partial charge in [-0.2, -0.15) is 5.10 Å². The number of carbonyl (C=O) groups excluding carboxylic acids is 2. The fraction of sp³-hybridized carbons (Fsp3) is 0.643. The van der Waals surface area contributed by atoms with Crippen molar-refractivity contribution in [3.63, 3.8) is 0 Å². The second-order valence-electron chi connectivity index (χ2n) is 5.59. The predicted molar refractivity (Wildman–Crippen MR) is 71.4 cm³/mol. The van der Waals surface area contributed by atoms with Crippen LogP contribution in [-0.4, -0.2) is 21.6 Å². The van der Waals surface area contributed by atoms with Crippen molar-refractivity contribution in [2.45, 2.75) is 46.1 Å². The molecule has 1 aliphatic heterocycles. The van der Waals surface area contributed by atoms with Crippen LogP contribution in [-0.2, 0) is 16.1 Å². The fourth-order valence-electron chi connectivity index (χ4n) is 2.68. The van der Waals surface area contributed by atoms with E-state index in [2.05, 4.69) is 24.3 Å². The summed E-state index contributed by atoms with van der Waals surface area (Å²) in [5, 5.41) is 6.70. The number of aryl methyl sites for hydroxylation is 1. The summed E-state index contributed by atoms with van der Waals surface area (Å²) in [6.45, 7) is 7.00. The molecular weight excluding hydrogens is 242 g/mol. The highest BCUT2D eigenvalue weighted by Gasteiger charge is 2.37. The summed E-state index contributed by atoms with van der Waals surface area (Å²) in [5.74, 6) is -0.0673. The van der Waals surface area contributed by atoms with Crippen LogP contribution in [0.5, 0.6) is 0 Å². The number of nitrogens with zero attached hydrogens (tertiary/aromatic N) is 2. The highest BCUT2D eigenvalue weighted by atomic mass is 16.2. The minimum Gasteiger partial charge on any atom is -0.296 e. The van der Waals surface area contributed by atoms with Gasteiger partial charge in [-0.3, -0.25) is 19.6 Å². The number of nitrogens with one attached hydrogen (secondary N) is 1. The van der Waals surface area contributed by atoms with Crippen LogP contribution in [0.15, 0.2) is 12.4 Å². The molecule has 2 rings (SSSR count). The van der Waals surface area contributed by atoms with Gasteiger partial charge >= 0.3 is 0 Å². The Morgan fingerprint density at radius 1 is 1.47 bits per heavy atom. The van der Waals surface area contributed by atoms with E-state index in [4.69, 9.17) is 0 Å². The summed E-state index contributed by atoms with van der Waals surface area (Å²) in [5.41, 5.74) is 0.996. The molecule has 5 heteroatoms. The van der Waals surface area contributed by atoms with Crippen molar-refractivity contribution < 1.29 is 9.59 Å². The minimum absolute atomic E-state index is 0.0380. The molecule has 104 valence electrons. The quantitative estimate of drug-likeness (QED) is 0.841. The molecule has 1 saturated heterocycles. The molecule has 0 aliphatic carbocycles. The van der Waals surface area contributed by atoms with E-state index in [1.54, 1.807) is 6.20 Å². The Bertz CT molecular complexity index is 479. The molecule has 2 heterocycles. The monoisotopic (exact) mass is 263 g/mol. The maximum atomic E-state index is 12.0. The molecule has 0 radical (unpaired) electrons. The SMILES string of the molecule is CCn1cc(C2CC(=O)NC(=O)C2CC(C)C)cn1. The highest BCUT2D eigenvalue weighted by Crippen LogP contribution is 2.35. The molecule has 1 aromatic heterocycles. The average Bonchev–Trinajstić information content (AvgIpc) is 2.80. The lowest BCUT2D eigenvalue weighted by Gasteiger charge is -2.30. The Labute approximate surface area is 113 Å². The van der Waals surface area contributed by atoms with Gasteiger partial charge in [0.25, 0.3) is 0 Å². The maximum Gasteiger partial charge on any atom is 0.230 e. The van der Waals surface area contributed by atoms with Gasteiger partial charge in [-0.25, -0.2) is 0 Å². The fourth-order valence-corrected chi connectivity index (χ4v) is 2.68. The first-order valence-corrected chi connectivity index (χ1v) is 6.87. The van der Waals surface area contributed by atoms with Gasteiger partial charge in [0, 0.05) is 31.0 Å². The zero-order valence-electron chi connectivity index (χ0n) is 11.7. The molecule has 0 spiro atoms. The van der Waals surface area contributed by atoms with Gasteiger partial charge in [-0.05, 0) is 24.8 Å². The molecule has 0 bridgehead atoms. The van der Waals surface area contributed by atoms with E-state index in [9.17, 15) is 9.59 Å². The smallest absolute Gasteiger partial charge is 0.230 e. The summed E-state index contributed by atoms with van der Waals surface area (Å²) < 4.78 is 1.83. The maximum absolute atomic E-state index is 12.0. The number of amides is 2. The highest BCUT2D eigenvalue weighted by molar-refractivity contribution is 5.99. The molecule has 1 aromatic rings. The van der Waals surface area contributed by atoms with Gasteiger partial charge in [0.2, 0.25) is 11.8 Å². The van der Waals surface area contributed by atoms with Gasteiger partial charge in [0.1, 0.15) is 0 Å². The largest absolute Gasteiger partial charge is 0.296 e. The molecule has 0 aromatic carbocycles. The lowest BCUT2D eigenvalue weighted by Crippen LogP contribution is -2.45. The molecular formula is C14H21N3O2. The zero-order chi connectivity index (χ0) is 14.0. The third-order valence-electron chi connectivity index (χ3n) is 3.62. The van der Waals surface area contributed by atoms with Crippen LogP contribution in [0.2, 0.25) is 0 Å². The number of hydrogen-bond acceptors (Lipinski definition) is 3. The van der Waals surface area contributed by atoms with E-state index in [1.807, 2.05) is 17.8 Å². The summed E-state index contributed by atoms with van der Waals surface area (Å²) >= 11 is 0. The van der Waals surface area contributed by atoms with Crippen molar-refractivity contribution in [2.75, 3.05) is 0 Å². The molecule has 5 nitrogen and oxygen atoms in total. The zero-order valence-corrected chi connectivity index (χ0v) is 11.7. The standard InChI is InChI=1S/C14H21N3O2/c1-4-17-8-10(7-15-17)11-6-13(18)16-14(19)12(11)5-9(2)3/h7-9,11-12H,4-6H2,1-3H3,(H,16,18,19). The first kappa shape index (κ1) is 13.8. The van der Waals surface area contributed by atoms with Crippen LogP contribution in [0, 0.1) is 11.8 Å². The minimum atomic E-state index is -0.181. The van der Waals surface area contributed by atoms with E-state index >= 15 is 0 Å². The van der Waals surface area contributed by atoms with Crippen LogP contribution in [0.1, 0.15) is 45.1 Å². The van der Waals surface area contributed by atoms with Crippen molar-refractivity contribution in [3.05, 3.63) is 18.0 Å². The van der Waals surface area contributed by atoms with E-state index in [0.717, 1.165) is 18.5 Å². The number of hydrogen-bond donors (Lipinski definition) is 1. The van der Waals surface area contributed by atoms with Gasteiger partial charge < -0.3 is 0 Å². The van der Waals surface area contributed by atoms with Crippen molar-refractivity contribution in [1.82, 2.24) is 15.1 Å². The number of carbonyl (C=O) groups is 2. The Kier molecular flexibility index (Phi) is 4.02. The normalized spacial score (nSPS) is 23.8. The summed E-state index contributed by atoms with van der Waals surface area (Å²) in [7, 11) is 0. The van der Waals surface area contributed by atoms with E-state index < -0.39 is 0 Å². The molecule has 2 amide bonds. The Balaban J connectivity index is 2.26. The van der Waals surface area contributed by atoms with E-state index in [1.165, 1.54) is 0 Å². The van der Waals surface area contributed by atoms with Crippen molar-refractivity contribution >= 4 is 11.8 Å². The lowest BCUT2D eigenvalue weighted by molar-refractivity contribution is -0.137. The second-order valence-corrected chi connectivity index (χ2v) is 5.59. The van der Waals surface area contributed by atoms with Gasteiger partial charge in [0.05, 0.1) is 6.20 Å². The molecule has 2 unspecified atom stereocenters. The van der Waals surface area contributed by atoms with Crippen LogP contribution >= 0.6 is 0 Å². The van der Waals surface area contributed by atoms with Gasteiger partial charge in [-0.15, -0.1) is 0 Å². The van der Waals surface area contributed by atoms with Crippen molar-refractivity contribution in [3.8, 4) is 0 Å². The Morgan fingerprint density at radius 3 is 2.79 bits per heavy atom. The molecule has 2 atom stereocenters. The van der Waals surface area contributed by atoms with Crippen LogP contribution in [0.3, 0.4) is 0 Å². The summed E-state index contributed by atoms with van der Waals surface area (Å²) in [6, 6.07) is 0.